The molecule has 1 aromatic rings. The lowest BCUT2D eigenvalue weighted by Crippen LogP contribution is -2.32. The highest BCUT2D eigenvalue weighted by Crippen LogP contribution is 2.14. The Balaban J connectivity index is 1.98. The van der Waals surface area contributed by atoms with Gasteiger partial charge in [-0.1, -0.05) is 13.8 Å². The summed E-state index contributed by atoms with van der Waals surface area (Å²) in [4.78, 5) is 7.74. The molecule has 0 saturated carbocycles. The third kappa shape index (κ3) is 6.66. The average Bonchev–Trinajstić information content (AvgIpc) is 2.39. The molecular weight excluding hydrogens is 230 g/mol. The smallest absolute Gasteiger partial charge is 0.0278 e. The van der Waals surface area contributed by atoms with E-state index in [4.69, 9.17) is 0 Å². The molecule has 1 N–H and O–H groups in total. The van der Waals surface area contributed by atoms with Gasteiger partial charge < -0.3 is 10.2 Å². The standard InChI is InChI=1S/C13H23N3S/c1-3-16(4-2)11-9-15-10-12-17-13-5-7-14-8-6-13/h5-8,15H,3-4,9-12H2,1-2H3. The molecule has 0 aliphatic rings. The van der Waals surface area contributed by atoms with Crippen LogP contribution in [0.2, 0.25) is 0 Å². The average molecular weight is 253 g/mol. The molecule has 17 heavy (non-hydrogen) atoms. The van der Waals surface area contributed by atoms with Crippen LogP contribution >= 0.6 is 11.8 Å². The number of hydrogen-bond donors (Lipinski definition) is 1. The van der Waals surface area contributed by atoms with E-state index >= 15 is 0 Å². The number of nitrogens with zero attached hydrogens (tertiary/aromatic N) is 2. The van der Waals surface area contributed by atoms with E-state index < -0.39 is 0 Å². The van der Waals surface area contributed by atoms with Crippen molar-refractivity contribution in [2.45, 2.75) is 18.7 Å². The van der Waals surface area contributed by atoms with Gasteiger partial charge in [0.1, 0.15) is 0 Å². The Kier molecular flexibility index (Phi) is 8.05. The largest absolute Gasteiger partial charge is 0.315 e. The second-order valence-electron chi connectivity index (χ2n) is 3.81. The van der Waals surface area contributed by atoms with Gasteiger partial charge in [0.05, 0.1) is 0 Å². The lowest BCUT2D eigenvalue weighted by molar-refractivity contribution is 0.303. The molecule has 96 valence electrons. The van der Waals surface area contributed by atoms with Crippen LogP contribution in [0, 0.1) is 0 Å². The fourth-order valence-electron chi connectivity index (χ4n) is 1.58. The zero-order valence-corrected chi connectivity index (χ0v) is 11.7. The number of thioether (sulfide) groups is 1. The number of likely N-dealkylation sites (N-methyl/N-ethyl adjacent to an activating group) is 1. The molecule has 0 unspecified atom stereocenters. The summed E-state index contributed by atoms with van der Waals surface area (Å²) in [6, 6.07) is 4.11. The minimum absolute atomic E-state index is 1.06. The summed E-state index contributed by atoms with van der Waals surface area (Å²) in [6.07, 6.45) is 3.69. The van der Waals surface area contributed by atoms with Crippen LogP contribution in [-0.2, 0) is 0 Å². The predicted molar refractivity (Wildman–Crippen MR) is 75.6 cm³/mol. The maximum atomic E-state index is 4.01. The summed E-state index contributed by atoms with van der Waals surface area (Å²) in [7, 11) is 0. The van der Waals surface area contributed by atoms with Crippen molar-refractivity contribution < 1.29 is 0 Å². The highest BCUT2D eigenvalue weighted by molar-refractivity contribution is 7.99. The van der Waals surface area contributed by atoms with Crippen molar-refractivity contribution in [1.29, 1.82) is 0 Å². The molecule has 0 fully saturated rings. The molecular formula is C13H23N3S. The molecule has 3 nitrogen and oxygen atoms in total. The van der Waals surface area contributed by atoms with Gasteiger partial charge in [-0.3, -0.25) is 4.98 Å². The Labute approximate surface area is 109 Å². The van der Waals surface area contributed by atoms with Crippen molar-refractivity contribution >= 4 is 11.8 Å². The molecule has 0 radical (unpaired) electrons. The van der Waals surface area contributed by atoms with Crippen LogP contribution in [0.1, 0.15) is 13.8 Å². The molecule has 0 aliphatic heterocycles. The molecule has 0 amide bonds. The minimum Gasteiger partial charge on any atom is -0.315 e. The zero-order chi connectivity index (χ0) is 12.3. The maximum Gasteiger partial charge on any atom is 0.0278 e. The third-order valence-corrected chi connectivity index (χ3v) is 3.71. The van der Waals surface area contributed by atoms with E-state index in [9.17, 15) is 0 Å². The third-order valence-electron chi connectivity index (χ3n) is 2.70. The van der Waals surface area contributed by atoms with E-state index in [0.29, 0.717) is 0 Å². The number of rotatable bonds is 9. The Hall–Kier alpha value is -0.580. The number of aromatic nitrogens is 1. The molecule has 0 spiro atoms. The SMILES string of the molecule is CCN(CC)CCNCCSc1ccncc1. The highest BCUT2D eigenvalue weighted by Gasteiger charge is 1.97. The molecule has 1 heterocycles. The Morgan fingerprint density at radius 3 is 2.53 bits per heavy atom. The first-order chi connectivity index (χ1) is 8.36. The molecule has 0 bridgehead atoms. The molecule has 0 aromatic carbocycles. The van der Waals surface area contributed by atoms with Crippen molar-refractivity contribution in [3.05, 3.63) is 24.5 Å². The highest BCUT2D eigenvalue weighted by atomic mass is 32.2. The first-order valence-electron chi connectivity index (χ1n) is 6.32. The molecule has 0 aliphatic carbocycles. The van der Waals surface area contributed by atoms with Crippen molar-refractivity contribution in [3.63, 3.8) is 0 Å². The van der Waals surface area contributed by atoms with Crippen LogP contribution in [0.3, 0.4) is 0 Å². The number of pyridine rings is 1. The lowest BCUT2D eigenvalue weighted by atomic mass is 10.4. The molecule has 4 heteroatoms. The fraction of sp³-hybridized carbons (Fsp3) is 0.615. The van der Waals surface area contributed by atoms with E-state index in [-0.39, 0.29) is 0 Å². The Bertz CT molecular complexity index is 275. The Morgan fingerprint density at radius 2 is 1.88 bits per heavy atom. The van der Waals surface area contributed by atoms with Gasteiger partial charge in [0.15, 0.2) is 0 Å². The second kappa shape index (κ2) is 9.45. The summed E-state index contributed by atoms with van der Waals surface area (Å²) in [5.41, 5.74) is 0. The number of nitrogens with one attached hydrogen (secondary N) is 1. The normalized spacial score (nSPS) is 11.0. The van der Waals surface area contributed by atoms with E-state index in [0.717, 1.165) is 38.5 Å². The van der Waals surface area contributed by atoms with Gasteiger partial charge in [0.2, 0.25) is 0 Å². The fourth-order valence-corrected chi connectivity index (χ4v) is 2.37. The first-order valence-corrected chi connectivity index (χ1v) is 7.31. The van der Waals surface area contributed by atoms with Crippen molar-refractivity contribution in [1.82, 2.24) is 15.2 Å². The van der Waals surface area contributed by atoms with Crippen LogP contribution in [0.5, 0.6) is 0 Å². The van der Waals surface area contributed by atoms with Gasteiger partial charge >= 0.3 is 0 Å². The van der Waals surface area contributed by atoms with Crippen LogP contribution in [-0.4, -0.2) is 48.4 Å². The second-order valence-corrected chi connectivity index (χ2v) is 4.98. The van der Waals surface area contributed by atoms with Crippen LogP contribution in [0.15, 0.2) is 29.4 Å². The van der Waals surface area contributed by atoms with E-state index in [1.54, 1.807) is 0 Å². The predicted octanol–water partition coefficient (Wildman–Crippen LogP) is 2.11. The Morgan fingerprint density at radius 1 is 1.18 bits per heavy atom. The van der Waals surface area contributed by atoms with Gasteiger partial charge in [-0.15, -0.1) is 11.8 Å². The van der Waals surface area contributed by atoms with E-state index in [1.165, 1.54) is 4.90 Å². The summed E-state index contributed by atoms with van der Waals surface area (Å²) in [5.74, 6) is 1.11. The summed E-state index contributed by atoms with van der Waals surface area (Å²) in [5, 5.41) is 3.48. The summed E-state index contributed by atoms with van der Waals surface area (Å²) in [6.45, 7) is 10.00. The van der Waals surface area contributed by atoms with Crippen LogP contribution < -0.4 is 5.32 Å². The zero-order valence-electron chi connectivity index (χ0n) is 10.9. The van der Waals surface area contributed by atoms with Gasteiger partial charge in [0, 0.05) is 42.7 Å². The molecule has 1 aromatic heterocycles. The first kappa shape index (κ1) is 14.5. The quantitative estimate of drug-likeness (QED) is 0.539. The summed E-state index contributed by atoms with van der Waals surface area (Å²) < 4.78 is 0. The van der Waals surface area contributed by atoms with Gasteiger partial charge in [-0.2, -0.15) is 0 Å². The summed E-state index contributed by atoms with van der Waals surface area (Å²) >= 11 is 1.87. The van der Waals surface area contributed by atoms with Crippen molar-refractivity contribution in [2.24, 2.45) is 0 Å². The van der Waals surface area contributed by atoms with Gasteiger partial charge in [-0.05, 0) is 25.2 Å². The van der Waals surface area contributed by atoms with Gasteiger partial charge in [0.25, 0.3) is 0 Å². The minimum atomic E-state index is 1.06. The number of hydrogen-bond acceptors (Lipinski definition) is 4. The van der Waals surface area contributed by atoms with Crippen molar-refractivity contribution in [3.8, 4) is 0 Å². The van der Waals surface area contributed by atoms with Crippen molar-refractivity contribution in [2.75, 3.05) is 38.5 Å². The molecule has 0 saturated heterocycles. The molecule has 0 atom stereocenters. The van der Waals surface area contributed by atoms with E-state index in [1.807, 2.05) is 24.2 Å². The lowest BCUT2D eigenvalue weighted by Gasteiger charge is -2.17. The maximum absolute atomic E-state index is 4.01. The molecule has 1 rings (SSSR count). The topological polar surface area (TPSA) is 28.2 Å². The van der Waals surface area contributed by atoms with Crippen LogP contribution in [0.25, 0.3) is 0 Å². The monoisotopic (exact) mass is 253 g/mol. The van der Waals surface area contributed by atoms with E-state index in [2.05, 4.69) is 41.2 Å². The van der Waals surface area contributed by atoms with Crippen LogP contribution in [0.4, 0.5) is 0 Å². The van der Waals surface area contributed by atoms with Gasteiger partial charge in [-0.25, -0.2) is 0 Å².